The summed E-state index contributed by atoms with van der Waals surface area (Å²) in [5.41, 5.74) is 11.6. The molecule has 1 fully saturated rings. The van der Waals surface area contributed by atoms with Crippen LogP contribution in [0.5, 0.6) is 0 Å². The van der Waals surface area contributed by atoms with E-state index in [1.54, 1.807) is 0 Å². The first kappa shape index (κ1) is 22.3. The number of likely N-dealkylation sites (tertiary alicyclic amines) is 1. The summed E-state index contributed by atoms with van der Waals surface area (Å²) in [7, 11) is 0. The van der Waals surface area contributed by atoms with Crippen LogP contribution in [0.2, 0.25) is 0 Å². The van der Waals surface area contributed by atoms with Gasteiger partial charge < -0.3 is 31.9 Å². The van der Waals surface area contributed by atoms with E-state index in [9.17, 15) is 19.5 Å². The van der Waals surface area contributed by atoms with Crippen LogP contribution in [0, 0.1) is 5.92 Å². The Morgan fingerprint density at radius 1 is 1.31 bits per heavy atom. The lowest BCUT2D eigenvalue weighted by atomic mass is 9.87. The fourth-order valence-electron chi connectivity index (χ4n) is 3.33. The molecule has 0 aromatic carbocycles. The smallest absolute Gasteiger partial charge is 0.328 e. The Morgan fingerprint density at radius 2 is 1.88 bits per heavy atom. The van der Waals surface area contributed by atoms with Gasteiger partial charge in [-0.2, -0.15) is 0 Å². The fourth-order valence-corrected chi connectivity index (χ4v) is 3.33. The average Bonchev–Trinajstić information content (AvgIpc) is 2.97. The van der Waals surface area contributed by atoms with Crippen molar-refractivity contribution in [1.82, 2.24) is 10.2 Å². The number of carboxylic acid groups (broad SMARTS) is 1. The number of aliphatic carboxylic acids is 1. The van der Waals surface area contributed by atoms with Crippen molar-refractivity contribution in [2.24, 2.45) is 17.4 Å². The Bertz CT molecular complexity index is 532. The molecule has 150 valence electrons. The first-order valence-electron chi connectivity index (χ1n) is 8.91. The molecule has 9 heteroatoms. The standard InChI is InChI=1S/C17H32N4O5/c1-9(8-17(3,4)19)12(18)15(24)21-7-5-6-11(21)14(23)20-13(10(2)22)16(25)26/h9-13,22H,5-8,18-19H2,1-4H3,(H,20,23)(H,25,26). The number of rotatable bonds is 8. The van der Waals surface area contributed by atoms with E-state index in [2.05, 4.69) is 5.32 Å². The summed E-state index contributed by atoms with van der Waals surface area (Å²) in [6.07, 6.45) is 0.344. The van der Waals surface area contributed by atoms with Crippen LogP contribution < -0.4 is 16.8 Å². The van der Waals surface area contributed by atoms with E-state index in [1.165, 1.54) is 11.8 Å². The van der Waals surface area contributed by atoms with Crippen LogP contribution >= 0.6 is 0 Å². The van der Waals surface area contributed by atoms with Crippen LogP contribution in [0.25, 0.3) is 0 Å². The van der Waals surface area contributed by atoms with E-state index < -0.39 is 41.6 Å². The van der Waals surface area contributed by atoms with Gasteiger partial charge in [0.25, 0.3) is 0 Å². The lowest BCUT2D eigenvalue weighted by Crippen LogP contribution is -2.57. The Morgan fingerprint density at radius 3 is 2.35 bits per heavy atom. The van der Waals surface area contributed by atoms with Crippen LogP contribution in [-0.2, 0) is 14.4 Å². The number of nitrogens with zero attached hydrogens (tertiary/aromatic N) is 1. The van der Waals surface area contributed by atoms with Crippen LogP contribution in [0.3, 0.4) is 0 Å². The van der Waals surface area contributed by atoms with Gasteiger partial charge in [0.2, 0.25) is 11.8 Å². The zero-order valence-corrected chi connectivity index (χ0v) is 15.9. The molecule has 5 atom stereocenters. The quantitative estimate of drug-likeness (QED) is 0.366. The molecule has 0 spiro atoms. The maximum Gasteiger partial charge on any atom is 0.328 e. The first-order chi connectivity index (χ1) is 11.8. The molecule has 0 saturated carbocycles. The average molecular weight is 372 g/mol. The van der Waals surface area contributed by atoms with E-state index in [-0.39, 0.29) is 11.8 Å². The van der Waals surface area contributed by atoms with Crippen molar-refractivity contribution in [2.45, 2.75) is 76.7 Å². The summed E-state index contributed by atoms with van der Waals surface area (Å²) >= 11 is 0. The molecule has 1 aliphatic rings. The fraction of sp³-hybridized carbons (Fsp3) is 0.824. The predicted octanol–water partition coefficient (Wildman–Crippen LogP) is -0.982. The number of aliphatic hydroxyl groups is 1. The van der Waals surface area contributed by atoms with E-state index in [0.29, 0.717) is 25.8 Å². The summed E-state index contributed by atoms with van der Waals surface area (Å²) in [6.45, 7) is 7.22. The Kier molecular flexibility index (Phi) is 7.55. The van der Waals surface area contributed by atoms with Gasteiger partial charge in [-0.05, 0) is 46.0 Å². The summed E-state index contributed by atoms with van der Waals surface area (Å²) in [4.78, 5) is 37.8. The molecule has 1 rings (SSSR count). The van der Waals surface area contributed by atoms with Crippen molar-refractivity contribution in [2.75, 3.05) is 6.54 Å². The molecule has 5 unspecified atom stereocenters. The molecule has 1 aliphatic heterocycles. The van der Waals surface area contributed by atoms with Crippen molar-refractivity contribution < 1.29 is 24.6 Å². The molecule has 0 aromatic heterocycles. The highest BCUT2D eigenvalue weighted by Gasteiger charge is 2.39. The van der Waals surface area contributed by atoms with Crippen molar-refractivity contribution in [3.8, 4) is 0 Å². The van der Waals surface area contributed by atoms with E-state index in [1.807, 2.05) is 20.8 Å². The van der Waals surface area contributed by atoms with Gasteiger partial charge in [0.1, 0.15) is 6.04 Å². The minimum atomic E-state index is -1.43. The van der Waals surface area contributed by atoms with Crippen LogP contribution in [0.15, 0.2) is 0 Å². The summed E-state index contributed by atoms with van der Waals surface area (Å²) < 4.78 is 0. The van der Waals surface area contributed by atoms with Crippen molar-refractivity contribution in [1.29, 1.82) is 0 Å². The number of carbonyl (C=O) groups excluding carboxylic acids is 2. The number of hydrogen-bond acceptors (Lipinski definition) is 6. The normalized spacial score (nSPS) is 22.4. The first-order valence-corrected chi connectivity index (χ1v) is 8.91. The molecule has 1 saturated heterocycles. The van der Waals surface area contributed by atoms with Crippen LogP contribution in [0.1, 0.15) is 47.0 Å². The van der Waals surface area contributed by atoms with Crippen molar-refractivity contribution >= 4 is 17.8 Å². The lowest BCUT2D eigenvalue weighted by Gasteiger charge is -2.32. The molecule has 7 N–H and O–H groups in total. The third-order valence-corrected chi connectivity index (χ3v) is 4.63. The molecule has 9 nitrogen and oxygen atoms in total. The van der Waals surface area contributed by atoms with Gasteiger partial charge in [0, 0.05) is 12.1 Å². The van der Waals surface area contributed by atoms with Gasteiger partial charge in [-0.25, -0.2) is 4.79 Å². The Hall–Kier alpha value is -1.71. The van der Waals surface area contributed by atoms with Crippen LogP contribution in [0.4, 0.5) is 0 Å². The molecule has 0 bridgehead atoms. The number of amides is 2. The monoisotopic (exact) mass is 372 g/mol. The van der Waals surface area contributed by atoms with Crippen molar-refractivity contribution in [3.63, 3.8) is 0 Å². The van der Waals surface area contributed by atoms with E-state index in [0.717, 1.165) is 0 Å². The summed E-state index contributed by atoms with van der Waals surface area (Å²) in [5.74, 6) is -2.44. The molecule has 1 heterocycles. The SMILES string of the molecule is CC(O)C(NC(=O)C1CCCN1C(=O)C(N)C(C)CC(C)(C)N)C(=O)O. The van der Waals surface area contributed by atoms with Gasteiger partial charge in [-0.3, -0.25) is 9.59 Å². The van der Waals surface area contributed by atoms with Gasteiger partial charge >= 0.3 is 5.97 Å². The van der Waals surface area contributed by atoms with Crippen molar-refractivity contribution in [3.05, 3.63) is 0 Å². The number of nitrogens with two attached hydrogens (primary N) is 2. The number of carboxylic acids is 1. The lowest BCUT2D eigenvalue weighted by molar-refractivity contribution is -0.146. The van der Waals surface area contributed by atoms with Crippen LogP contribution in [-0.4, -0.2) is 69.2 Å². The number of nitrogens with one attached hydrogen (secondary N) is 1. The van der Waals surface area contributed by atoms with Gasteiger partial charge in [-0.15, -0.1) is 0 Å². The maximum absolute atomic E-state index is 12.8. The highest BCUT2D eigenvalue weighted by molar-refractivity contribution is 5.92. The molecular weight excluding hydrogens is 340 g/mol. The molecule has 0 aromatic rings. The largest absolute Gasteiger partial charge is 0.480 e. The second-order valence-corrected chi connectivity index (χ2v) is 7.95. The third-order valence-electron chi connectivity index (χ3n) is 4.63. The zero-order valence-electron chi connectivity index (χ0n) is 15.9. The van der Waals surface area contributed by atoms with Gasteiger partial charge in [0.05, 0.1) is 12.1 Å². The molecule has 0 aliphatic carbocycles. The van der Waals surface area contributed by atoms with E-state index >= 15 is 0 Å². The second-order valence-electron chi connectivity index (χ2n) is 7.95. The highest BCUT2D eigenvalue weighted by atomic mass is 16.4. The molecule has 0 radical (unpaired) electrons. The molecule has 26 heavy (non-hydrogen) atoms. The maximum atomic E-state index is 12.8. The molecule has 2 amide bonds. The summed E-state index contributed by atoms with van der Waals surface area (Å²) in [6, 6.07) is -3.00. The number of carbonyl (C=O) groups is 3. The predicted molar refractivity (Wildman–Crippen MR) is 96.0 cm³/mol. The number of aliphatic hydroxyl groups excluding tert-OH is 1. The minimum Gasteiger partial charge on any atom is -0.480 e. The third kappa shape index (κ3) is 5.93. The number of hydrogen-bond donors (Lipinski definition) is 5. The minimum absolute atomic E-state index is 0.170. The van der Waals surface area contributed by atoms with Gasteiger partial charge in [-0.1, -0.05) is 6.92 Å². The Labute approximate surface area is 154 Å². The topological polar surface area (TPSA) is 159 Å². The second kappa shape index (κ2) is 8.79. The molecular formula is C17H32N4O5. The Balaban J connectivity index is 2.81. The zero-order chi connectivity index (χ0) is 20.2. The highest BCUT2D eigenvalue weighted by Crippen LogP contribution is 2.22. The van der Waals surface area contributed by atoms with E-state index in [4.69, 9.17) is 16.6 Å². The van der Waals surface area contributed by atoms with Gasteiger partial charge in [0.15, 0.2) is 6.04 Å². The summed E-state index contributed by atoms with van der Waals surface area (Å²) in [5, 5.41) is 20.9.